The van der Waals surface area contributed by atoms with Crippen LogP contribution in [0.1, 0.15) is 5.76 Å². The lowest BCUT2D eigenvalue weighted by atomic mass is 10.4. The summed E-state index contributed by atoms with van der Waals surface area (Å²) in [5.41, 5.74) is 0. The lowest BCUT2D eigenvalue weighted by molar-refractivity contribution is 0.494. The highest BCUT2D eigenvalue weighted by Gasteiger charge is 2.14. The maximum atomic E-state index is 11.9. The number of thiol groups is 1. The summed E-state index contributed by atoms with van der Waals surface area (Å²) in [6.07, 6.45) is 2.59. The average Bonchev–Trinajstić information content (AvgIpc) is 2.90. The third-order valence-corrected chi connectivity index (χ3v) is 4.41. The molecule has 0 saturated carbocycles. The van der Waals surface area contributed by atoms with Crippen LogP contribution in [0.5, 0.6) is 0 Å². The summed E-state index contributed by atoms with van der Waals surface area (Å²) < 4.78 is 52.4. The van der Waals surface area contributed by atoms with Crippen LogP contribution in [0.4, 0.5) is 0 Å². The SMILES string of the molecule is O=[SH](=O)c1ccc(S(=O)(=O)NCc2cnco2)cc1. The molecule has 0 unspecified atom stereocenters. The van der Waals surface area contributed by atoms with E-state index in [9.17, 15) is 16.8 Å². The Bertz CT molecular complexity index is 710. The smallest absolute Gasteiger partial charge is 0.240 e. The first-order valence-electron chi connectivity index (χ1n) is 5.10. The molecule has 2 rings (SSSR count). The number of aromatic nitrogens is 1. The fourth-order valence-electron chi connectivity index (χ4n) is 1.33. The van der Waals surface area contributed by atoms with Gasteiger partial charge in [-0.2, -0.15) is 0 Å². The number of hydrogen-bond acceptors (Lipinski definition) is 6. The quantitative estimate of drug-likeness (QED) is 0.760. The van der Waals surface area contributed by atoms with Gasteiger partial charge in [0.25, 0.3) is 0 Å². The second kappa shape index (κ2) is 5.51. The van der Waals surface area contributed by atoms with Crippen LogP contribution in [0.2, 0.25) is 0 Å². The maximum absolute atomic E-state index is 11.9. The molecule has 0 aliphatic carbocycles. The molecule has 1 aromatic carbocycles. The van der Waals surface area contributed by atoms with E-state index in [1.54, 1.807) is 0 Å². The van der Waals surface area contributed by atoms with Crippen LogP contribution in [0.3, 0.4) is 0 Å². The van der Waals surface area contributed by atoms with Crippen molar-refractivity contribution in [3.8, 4) is 0 Å². The minimum absolute atomic E-state index is 0.0207. The van der Waals surface area contributed by atoms with Gasteiger partial charge in [0.1, 0.15) is 5.76 Å². The number of benzene rings is 1. The van der Waals surface area contributed by atoms with Crippen molar-refractivity contribution in [2.45, 2.75) is 16.3 Å². The van der Waals surface area contributed by atoms with Gasteiger partial charge in [-0.25, -0.2) is 26.5 Å². The van der Waals surface area contributed by atoms with Gasteiger partial charge < -0.3 is 4.42 Å². The molecular formula is C10H10N2O5S2. The monoisotopic (exact) mass is 302 g/mol. The molecule has 102 valence electrons. The van der Waals surface area contributed by atoms with E-state index in [0.717, 1.165) is 0 Å². The third kappa shape index (κ3) is 3.40. The average molecular weight is 302 g/mol. The summed E-state index contributed by atoms with van der Waals surface area (Å²) in [5, 5.41) is 0. The molecule has 19 heavy (non-hydrogen) atoms. The summed E-state index contributed by atoms with van der Waals surface area (Å²) in [6, 6.07) is 4.91. The van der Waals surface area contributed by atoms with Crippen molar-refractivity contribution in [2.75, 3.05) is 0 Å². The fraction of sp³-hybridized carbons (Fsp3) is 0.100. The predicted octanol–water partition coefficient (Wildman–Crippen LogP) is 0.123. The Morgan fingerprint density at radius 1 is 1.21 bits per heavy atom. The van der Waals surface area contributed by atoms with Gasteiger partial charge >= 0.3 is 0 Å². The normalized spacial score (nSPS) is 11.8. The molecule has 7 nitrogen and oxygen atoms in total. The number of hydrogen-bond donors (Lipinski definition) is 2. The predicted molar refractivity (Wildman–Crippen MR) is 65.6 cm³/mol. The van der Waals surface area contributed by atoms with Crippen LogP contribution in [0.25, 0.3) is 0 Å². The molecular weight excluding hydrogens is 292 g/mol. The van der Waals surface area contributed by atoms with Gasteiger partial charge in [-0.05, 0) is 24.3 Å². The second-order valence-electron chi connectivity index (χ2n) is 3.54. The first kappa shape index (κ1) is 13.7. The zero-order valence-electron chi connectivity index (χ0n) is 9.52. The van der Waals surface area contributed by atoms with E-state index in [1.165, 1.54) is 36.9 Å². The van der Waals surface area contributed by atoms with Crippen molar-refractivity contribution >= 4 is 20.7 Å². The van der Waals surface area contributed by atoms with Gasteiger partial charge in [0, 0.05) is 0 Å². The van der Waals surface area contributed by atoms with E-state index in [-0.39, 0.29) is 16.3 Å². The van der Waals surface area contributed by atoms with Crippen molar-refractivity contribution < 1.29 is 21.3 Å². The van der Waals surface area contributed by atoms with E-state index in [0.29, 0.717) is 5.76 Å². The van der Waals surface area contributed by atoms with E-state index in [4.69, 9.17) is 4.42 Å². The molecule has 1 N–H and O–H groups in total. The number of rotatable bonds is 5. The first-order valence-corrected chi connectivity index (χ1v) is 7.76. The highest BCUT2D eigenvalue weighted by Crippen LogP contribution is 2.11. The molecule has 0 atom stereocenters. The number of sulfonamides is 1. The van der Waals surface area contributed by atoms with E-state index in [1.807, 2.05) is 0 Å². The summed E-state index contributed by atoms with van der Waals surface area (Å²) in [5.74, 6) is 0.378. The van der Waals surface area contributed by atoms with Gasteiger partial charge in [-0.15, -0.1) is 0 Å². The van der Waals surface area contributed by atoms with Crippen molar-refractivity contribution in [3.63, 3.8) is 0 Å². The fourth-order valence-corrected chi connectivity index (χ4v) is 2.71. The van der Waals surface area contributed by atoms with Crippen molar-refractivity contribution in [3.05, 3.63) is 42.6 Å². The first-order chi connectivity index (χ1) is 8.99. The van der Waals surface area contributed by atoms with E-state index >= 15 is 0 Å². The topological polar surface area (TPSA) is 106 Å². The lowest BCUT2D eigenvalue weighted by Gasteiger charge is -2.04. The van der Waals surface area contributed by atoms with Gasteiger partial charge in [0.15, 0.2) is 17.1 Å². The molecule has 2 aromatic rings. The third-order valence-electron chi connectivity index (χ3n) is 2.28. The summed E-state index contributed by atoms with van der Waals surface area (Å²) in [4.78, 5) is 3.70. The molecule has 0 radical (unpaired) electrons. The minimum atomic E-state index is -3.71. The van der Waals surface area contributed by atoms with Gasteiger partial charge in [0.2, 0.25) is 10.0 Å². The van der Waals surface area contributed by atoms with Gasteiger partial charge in [-0.1, -0.05) is 0 Å². The molecule has 0 fully saturated rings. The zero-order valence-corrected chi connectivity index (χ0v) is 11.2. The Balaban J connectivity index is 2.15. The van der Waals surface area contributed by atoms with Gasteiger partial charge in [0.05, 0.1) is 22.5 Å². The Morgan fingerprint density at radius 3 is 2.42 bits per heavy atom. The van der Waals surface area contributed by atoms with Crippen LogP contribution in [0.15, 0.2) is 51.1 Å². The zero-order chi connectivity index (χ0) is 13.9. The van der Waals surface area contributed by atoms with E-state index < -0.39 is 20.7 Å². The molecule has 1 aromatic heterocycles. The van der Waals surface area contributed by atoms with Crippen LogP contribution >= 0.6 is 0 Å². The molecule has 0 spiro atoms. The van der Waals surface area contributed by atoms with Crippen molar-refractivity contribution in [1.29, 1.82) is 0 Å². The number of nitrogens with one attached hydrogen (secondary N) is 1. The van der Waals surface area contributed by atoms with Crippen molar-refractivity contribution in [2.24, 2.45) is 0 Å². The Kier molecular flexibility index (Phi) is 3.98. The molecule has 0 saturated heterocycles. The summed E-state index contributed by atoms with van der Waals surface area (Å²) in [7, 11) is -6.43. The summed E-state index contributed by atoms with van der Waals surface area (Å²) >= 11 is 0. The highest BCUT2D eigenvalue weighted by atomic mass is 32.2. The maximum Gasteiger partial charge on any atom is 0.240 e. The Labute approximate surface area is 111 Å². The van der Waals surface area contributed by atoms with Crippen LogP contribution < -0.4 is 4.72 Å². The largest absolute Gasteiger partial charge is 0.447 e. The number of nitrogens with zero attached hydrogens (tertiary/aromatic N) is 1. The molecule has 0 amide bonds. The standard InChI is InChI=1S/C10H10N2O5S2/c13-18(14)9-1-3-10(4-2-9)19(15,16)12-6-8-5-11-7-17-8/h1-5,7,12,18H,6H2. The van der Waals surface area contributed by atoms with Crippen LogP contribution in [-0.4, -0.2) is 21.8 Å². The minimum Gasteiger partial charge on any atom is -0.447 e. The highest BCUT2D eigenvalue weighted by molar-refractivity contribution is 7.89. The van der Waals surface area contributed by atoms with Crippen LogP contribution in [0, 0.1) is 0 Å². The Morgan fingerprint density at radius 2 is 1.89 bits per heavy atom. The summed E-state index contributed by atoms with van der Waals surface area (Å²) in [6.45, 7) is -0.0279. The van der Waals surface area contributed by atoms with Gasteiger partial charge in [-0.3, -0.25) is 0 Å². The van der Waals surface area contributed by atoms with Crippen molar-refractivity contribution in [1.82, 2.24) is 9.71 Å². The number of oxazole rings is 1. The molecule has 1 heterocycles. The Hall–Kier alpha value is -1.71. The lowest BCUT2D eigenvalue weighted by Crippen LogP contribution is -2.22. The second-order valence-corrected chi connectivity index (χ2v) is 6.34. The molecule has 0 aliphatic rings. The van der Waals surface area contributed by atoms with E-state index in [2.05, 4.69) is 9.71 Å². The molecule has 9 heteroatoms. The molecule has 0 aliphatic heterocycles. The van der Waals surface area contributed by atoms with Crippen LogP contribution in [-0.2, 0) is 27.3 Å². The molecule has 0 bridgehead atoms.